The molecule has 0 saturated heterocycles. The molecule has 0 aliphatic rings. The second-order valence-corrected chi connectivity index (χ2v) is 5.08. The predicted octanol–water partition coefficient (Wildman–Crippen LogP) is 3.40. The van der Waals surface area contributed by atoms with Gasteiger partial charge in [0.1, 0.15) is 12.4 Å². The van der Waals surface area contributed by atoms with E-state index in [1.165, 1.54) is 0 Å². The highest BCUT2D eigenvalue weighted by atomic mass is 79.9. The first-order valence-corrected chi connectivity index (χ1v) is 6.74. The third-order valence-corrected chi connectivity index (χ3v) is 3.16. The molecule has 20 heavy (non-hydrogen) atoms. The van der Waals surface area contributed by atoms with Crippen LogP contribution in [-0.4, -0.2) is 13.1 Å². The van der Waals surface area contributed by atoms with Crippen LogP contribution in [0.4, 0.5) is 5.69 Å². The van der Waals surface area contributed by atoms with Crippen LogP contribution in [0, 0.1) is 0 Å². The molecule has 0 bridgehead atoms. The Morgan fingerprint density at radius 1 is 1.25 bits per heavy atom. The molecule has 0 spiro atoms. The molecule has 0 aliphatic carbocycles. The molecule has 2 rings (SSSR count). The van der Waals surface area contributed by atoms with E-state index >= 15 is 0 Å². The lowest BCUT2D eigenvalue weighted by Gasteiger charge is -2.09. The van der Waals surface area contributed by atoms with Crippen molar-refractivity contribution in [2.45, 2.75) is 6.61 Å². The van der Waals surface area contributed by atoms with E-state index in [0.29, 0.717) is 17.0 Å². The average molecular weight is 336 g/mol. The predicted molar refractivity (Wildman–Crippen MR) is 80.7 cm³/mol. The van der Waals surface area contributed by atoms with Crippen molar-refractivity contribution in [2.75, 3.05) is 12.8 Å². The molecule has 0 fully saturated rings. The summed E-state index contributed by atoms with van der Waals surface area (Å²) in [6, 6.07) is 12.4. The normalized spacial score (nSPS) is 10.1. The molecule has 2 N–H and O–H groups in total. The molecule has 0 saturated carbocycles. The van der Waals surface area contributed by atoms with E-state index in [1.807, 2.05) is 24.3 Å². The summed E-state index contributed by atoms with van der Waals surface area (Å²) in [6.07, 6.45) is 0. The Bertz CT molecular complexity index is 608. The van der Waals surface area contributed by atoms with Gasteiger partial charge in [-0.3, -0.25) is 0 Å². The Labute approximate surface area is 125 Å². The van der Waals surface area contributed by atoms with Gasteiger partial charge in [0, 0.05) is 15.7 Å². The molecule has 0 unspecified atom stereocenters. The summed E-state index contributed by atoms with van der Waals surface area (Å²) in [6.45, 7) is 0.148. The molecule has 4 nitrogen and oxygen atoms in total. The van der Waals surface area contributed by atoms with Gasteiger partial charge in [0.25, 0.3) is 0 Å². The molecule has 104 valence electrons. The van der Waals surface area contributed by atoms with Crippen LogP contribution in [0.5, 0.6) is 5.75 Å². The van der Waals surface area contributed by atoms with Gasteiger partial charge in [0.15, 0.2) is 0 Å². The zero-order valence-electron chi connectivity index (χ0n) is 10.9. The quantitative estimate of drug-likeness (QED) is 0.687. The number of carbonyl (C=O) groups excluding carboxylic acids is 1. The van der Waals surface area contributed by atoms with Crippen molar-refractivity contribution in [1.29, 1.82) is 0 Å². The Balaban J connectivity index is 2.08. The van der Waals surface area contributed by atoms with Gasteiger partial charge in [-0.1, -0.05) is 34.1 Å². The van der Waals surface area contributed by atoms with Crippen molar-refractivity contribution in [3.63, 3.8) is 0 Å². The van der Waals surface area contributed by atoms with E-state index in [2.05, 4.69) is 15.9 Å². The Morgan fingerprint density at radius 2 is 2.00 bits per heavy atom. The van der Waals surface area contributed by atoms with E-state index in [4.69, 9.17) is 15.2 Å². The standard InChI is InChI=1S/C15H14BrNO3/c1-19-14-5-3-2-4-10(14)9-20-15(18)11-6-12(16)8-13(17)7-11/h2-8H,9,17H2,1H3. The number of para-hydroxylation sites is 1. The first kappa shape index (κ1) is 14.4. The lowest BCUT2D eigenvalue weighted by Crippen LogP contribution is -2.06. The maximum atomic E-state index is 12.0. The maximum absolute atomic E-state index is 12.0. The largest absolute Gasteiger partial charge is 0.496 e. The fraction of sp³-hybridized carbons (Fsp3) is 0.133. The second-order valence-electron chi connectivity index (χ2n) is 4.16. The van der Waals surface area contributed by atoms with Gasteiger partial charge >= 0.3 is 5.97 Å². The minimum absolute atomic E-state index is 0.148. The third kappa shape index (κ3) is 3.51. The topological polar surface area (TPSA) is 61.5 Å². The number of ether oxygens (including phenoxy) is 2. The fourth-order valence-corrected chi connectivity index (χ4v) is 2.29. The Morgan fingerprint density at radius 3 is 2.70 bits per heavy atom. The molecule has 0 heterocycles. The van der Waals surface area contributed by atoms with Crippen molar-refractivity contribution in [1.82, 2.24) is 0 Å². The maximum Gasteiger partial charge on any atom is 0.338 e. The number of hydrogen-bond donors (Lipinski definition) is 1. The van der Waals surface area contributed by atoms with Crippen LogP contribution in [-0.2, 0) is 11.3 Å². The molecule has 0 radical (unpaired) electrons. The van der Waals surface area contributed by atoms with Crippen molar-refractivity contribution in [2.24, 2.45) is 0 Å². The van der Waals surface area contributed by atoms with E-state index in [0.717, 1.165) is 10.0 Å². The summed E-state index contributed by atoms with van der Waals surface area (Å²) in [4.78, 5) is 12.0. The number of anilines is 1. The molecular formula is C15H14BrNO3. The van der Waals surface area contributed by atoms with Gasteiger partial charge in [0.05, 0.1) is 12.7 Å². The van der Waals surface area contributed by atoms with Crippen LogP contribution in [0.3, 0.4) is 0 Å². The molecule has 0 aliphatic heterocycles. The summed E-state index contributed by atoms with van der Waals surface area (Å²) in [5.74, 6) is 0.262. The number of nitrogen functional groups attached to an aromatic ring is 1. The van der Waals surface area contributed by atoms with Crippen LogP contribution in [0.1, 0.15) is 15.9 Å². The van der Waals surface area contributed by atoms with Crippen molar-refractivity contribution in [3.05, 3.63) is 58.1 Å². The number of rotatable bonds is 4. The van der Waals surface area contributed by atoms with Crippen LogP contribution < -0.4 is 10.5 Å². The first-order valence-electron chi connectivity index (χ1n) is 5.95. The van der Waals surface area contributed by atoms with Gasteiger partial charge in [0.2, 0.25) is 0 Å². The third-order valence-electron chi connectivity index (χ3n) is 2.71. The molecule has 5 heteroatoms. The highest BCUT2D eigenvalue weighted by Gasteiger charge is 2.10. The summed E-state index contributed by atoms with van der Waals surface area (Å²) in [5, 5.41) is 0. The highest BCUT2D eigenvalue weighted by Crippen LogP contribution is 2.21. The Hall–Kier alpha value is -2.01. The van der Waals surface area contributed by atoms with E-state index in [-0.39, 0.29) is 6.61 Å². The summed E-state index contributed by atoms with van der Waals surface area (Å²) >= 11 is 3.29. The van der Waals surface area contributed by atoms with Gasteiger partial charge in [-0.15, -0.1) is 0 Å². The molecule has 0 amide bonds. The number of benzene rings is 2. The molecule has 0 atom stereocenters. The van der Waals surface area contributed by atoms with Crippen molar-refractivity contribution < 1.29 is 14.3 Å². The van der Waals surface area contributed by atoms with Gasteiger partial charge in [-0.25, -0.2) is 4.79 Å². The zero-order valence-corrected chi connectivity index (χ0v) is 12.5. The monoisotopic (exact) mass is 335 g/mol. The van der Waals surface area contributed by atoms with Crippen molar-refractivity contribution >= 4 is 27.6 Å². The molecule has 0 aromatic heterocycles. The van der Waals surface area contributed by atoms with E-state index < -0.39 is 5.97 Å². The van der Waals surface area contributed by atoms with Crippen molar-refractivity contribution in [3.8, 4) is 5.75 Å². The average Bonchev–Trinajstić information content (AvgIpc) is 2.44. The highest BCUT2D eigenvalue weighted by molar-refractivity contribution is 9.10. The number of halogens is 1. The molecule has 2 aromatic rings. The SMILES string of the molecule is COc1ccccc1COC(=O)c1cc(N)cc(Br)c1. The lowest BCUT2D eigenvalue weighted by molar-refractivity contribution is 0.0470. The summed E-state index contributed by atoms with van der Waals surface area (Å²) in [7, 11) is 1.58. The minimum Gasteiger partial charge on any atom is -0.496 e. The number of hydrogen-bond acceptors (Lipinski definition) is 4. The first-order chi connectivity index (χ1) is 9.60. The van der Waals surface area contributed by atoms with Gasteiger partial charge in [-0.2, -0.15) is 0 Å². The van der Waals surface area contributed by atoms with Crippen LogP contribution >= 0.6 is 15.9 Å². The fourth-order valence-electron chi connectivity index (χ4n) is 1.78. The lowest BCUT2D eigenvalue weighted by atomic mass is 10.2. The van der Waals surface area contributed by atoms with Gasteiger partial charge < -0.3 is 15.2 Å². The molecular weight excluding hydrogens is 322 g/mol. The second kappa shape index (κ2) is 6.43. The van der Waals surface area contributed by atoms with Crippen LogP contribution in [0.25, 0.3) is 0 Å². The summed E-state index contributed by atoms with van der Waals surface area (Å²) in [5.41, 5.74) is 7.42. The number of carbonyl (C=O) groups is 1. The van der Waals surface area contributed by atoms with E-state index in [9.17, 15) is 4.79 Å². The minimum atomic E-state index is -0.427. The smallest absolute Gasteiger partial charge is 0.338 e. The Kier molecular flexibility index (Phi) is 4.63. The van der Waals surface area contributed by atoms with Crippen LogP contribution in [0.15, 0.2) is 46.9 Å². The number of methoxy groups -OCH3 is 1. The van der Waals surface area contributed by atoms with E-state index in [1.54, 1.807) is 25.3 Å². The summed E-state index contributed by atoms with van der Waals surface area (Å²) < 4.78 is 11.2. The zero-order chi connectivity index (χ0) is 14.5. The molecule has 2 aromatic carbocycles. The number of nitrogens with two attached hydrogens (primary N) is 1. The number of esters is 1. The van der Waals surface area contributed by atoms with Crippen LogP contribution in [0.2, 0.25) is 0 Å². The van der Waals surface area contributed by atoms with Gasteiger partial charge in [-0.05, 0) is 24.3 Å².